The molecular formula is C12H19BrO4S. The molecule has 3 fully saturated rings. The van der Waals surface area contributed by atoms with Crippen LogP contribution in [0.4, 0.5) is 0 Å². The summed E-state index contributed by atoms with van der Waals surface area (Å²) < 4.78 is 35.0. The van der Waals surface area contributed by atoms with Gasteiger partial charge in [-0.15, -0.1) is 0 Å². The van der Waals surface area contributed by atoms with Crippen LogP contribution in [0.15, 0.2) is 0 Å². The van der Waals surface area contributed by atoms with Gasteiger partial charge in [-0.3, -0.25) is 4.18 Å². The average molecular weight is 339 g/mol. The Balaban J connectivity index is 1.78. The van der Waals surface area contributed by atoms with Gasteiger partial charge in [0.15, 0.2) is 0 Å². The summed E-state index contributed by atoms with van der Waals surface area (Å²) in [7, 11) is -3.33. The lowest BCUT2D eigenvalue weighted by Crippen LogP contribution is -2.39. The Bertz CT molecular complexity index is 455. The zero-order chi connectivity index (χ0) is 13.3. The van der Waals surface area contributed by atoms with Crippen molar-refractivity contribution in [1.82, 2.24) is 0 Å². The summed E-state index contributed by atoms with van der Waals surface area (Å²) in [4.78, 5) is 0. The summed E-state index contributed by atoms with van der Waals surface area (Å²) in [5, 5.41) is -0.351. The summed E-state index contributed by atoms with van der Waals surface area (Å²) in [6.45, 7) is 6.28. The average Bonchev–Trinajstić information content (AvgIpc) is 2.80. The van der Waals surface area contributed by atoms with Gasteiger partial charge in [0, 0.05) is 5.92 Å². The van der Waals surface area contributed by atoms with Gasteiger partial charge in [-0.05, 0) is 24.2 Å². The fourth-order valence-corrected chi connectivity index (χ4v) is 5.54. The lowest BCUT2D eigenvalue weighted by atomic mass is 9.93. The van der Waals surface area contributed by atoms with Gasteiger partial charge in [-0.25, -0.2) is 0 Å². The summed E-state index contributed by atoms with van der Waals surface area (Å²) in [5.41, 5.74) is -0.0152. The second-order valence-corrected chi connectivity index (χ2v) is 9.39. The van der Waals surface area contributed by atoms with E-state index in [4.69, 9.17) is 8.92 Å². The van der Waals surface area contributed by atoms with Gasteiger partial charge in [-0.2, -0.15) is 8.42 Å². The van der Waals surface area contributed by atoms with Crippen LogP contribution in [0.25, 0.3) is 0 Å². The molecule has 6 atom stereocenters. The van der Waals surface area contributed by atoms with Crippen LogP contribution in [0.5, 0.6) is 0 Å². The molecule has 104 valence electrons. The molecule has 0 aromatic carbocycles. The minimum atomic E-state index is -3.33. The molecule has 0 aromatic rings. The molecule has 2 bridgehead atoms. The number of fused-ring (bicyclic) bond motifs is 1. The maximum absolute atomic E-state index is 11.8. The SMILES string of the molecule is CC(C)(C)C(Br)OC1C2CC3C1OS(=O)(=O)C3C2. The van der Waals surface area contributed by atoms with E-state index in [1.807, 2.05) is 0 Å². The molecule has 0 aromatic heterocycles. The van der Waals surface area contributed by atoms with E-state index in [-0.39, 0.29) is 33.8 Å². The second-order valence-electron chi connectivity index (χ2n) is 6.77. The first kappa shape index (κ1) is 13.3. The molecule has 0 N–H and O–H groups in total. The molecule has 0 radical (unpaired) electrons. The van der Waals surface area contributed by atoms with E-state index >= 15 is 0 Å². The smallest absolute Gasteiger partial charge is 0.270 e. The van der Waals surface area contributed by atoms with Gasteiger partial charge >= 0.3 is 0 Å². The number of halogens is 1. The van der Waals surface area contributed by atoms with Crippen LogP contribution >= 0.6 is 15.9 Å². The van der Waals surface area contributed by atoms with Gasteiger partial charge in [-0.1, -0.05) is 36.7 Å². The molecular weight excluding hydrogens is 320 g/mol. The number of rotatable bonds is 2. The van der Waals surface area contributed by atoms with Gasteiger partial charge < -0.3 is 4.74 Å². The minimum Gasteiger partial charge on any atom is -0.360 e. The Morgan fingerprint density at radius 3 is 2.61 bits per heavy atom. The van der Waals surface area contributed by atoms with Crippen molar-refractivity contribution in [3.63, 3.8) is 0 Å². The Labute approximate surface area is 117 Å². The van der Waals surface area contributed by atoms with Crippen molar-refractivity contribution in [2.24, 2.45) is 17.3 Å². The number of hydrogen-bond donors (Lipinski definition) is 0. The molecule has 3 aliphatic rings. The number of ether oxygens (including phenoxy) is 1. The van der Waals surface area contributed by atoms with Gasteiger partial charge in [0.05, 0.1) is 11.4 Å². The van der Waals surface area contributed by atoms with Crippen LogP contribution in [0, 0.1) is 17.3 Å². The molecule has 18 heavy (non-hydrogen) atoms. The fraction of sp³-hybridized carbons (Fsp3) is 1.00. The van der Waals surface area contributed by atoms with Crippen LogP contribution in [0.1, 0.15) is 33.6 Å². The highest BCUT2D eigenvalue weighted by Gasteiger charge is 2.64. The first-order valence-corrected chi connectivity index (χ1v) is 8.80. The van der Waals surface area contributed by atoms with E-state index in [1.165, 1.54) is 0 Å². The summed E-state index contributed by atoms with van der Waals surface area (Å²) in [6, 6.07) is 0. The molecule has 3 rings (SSSR count). The molecule has 2 aliphatic carbocycles. The highest BCUT2D eigenvalue weighted by Crippen LogP contribution is 2.56. The molecule has 1 aliphatic heterocycles. The van der Waals surface area contributed by atoms with E-state index < -0.39 is 10.1 Å². The summed E-state index contributed by atoms with van der Waals surface area (Å²) in [5.74, 6) is 0.495. The van der Waals surface area contributed by atoms with E-state index in [0.717, 1.165) is 6.42 Å². The van der Waals surface area contributed by atoms with E-state index in [1.54, 1.807) is 0 Å². The third-order valence-corrected chi connectivity index (χ3v) is 7.73. The third-order valence-electron chi connectivity index (χ3n) is 4.37. The van der Waals surface area contributed by atoms with Crippen molar-refractivity contribution in [1.29, 1.82) is 0 Å². The topological polar surface area (TPSA) is 52.6 Å². The van der Waals surface area contributed by atoms with Crippen LogP contribution in [0.2, 0.25) is 0 Å². The Morgan fingerprint density at radius 2 is 2.00 bits per heavy atom. The zero-order valence-electron chi connectivity index (χ0n) is 10.8. The molecule has 0 spiro atoms. The van der Waals surface area contributed by atoms with E-state index in [0.29, 0.717) is 12.3 Å². The van der Waals surface area contributed by atoms with Crippen molar-refractivity contribution in [3.05, 3.63) is 0 Å². The Morgan fingerprint density at radius 1 is 1.33 bits per heavy atom. The number of hydrogen-bond acceptors (Lipinski definition) is 4. The van der Waals surface area contributed by atoms with Gasteiger partial charge in [0.2, 0.25) is 0 Å². The van der Waals surface area contributed by atoms with Gasteiger partial charge in [0.1, 0.15) is 11.1 Å². The highest BCUT2D eigenvalue weighted by atomic mass is 79.9. The van der Waals surface area contributed by atoms with Crippen molar-refractivity contribution < 1.29 is 17.3 Å². The molecule has 4 nitrogen and oxygen atoms in total. The van der Waals surface area contributed by atoms with E-state index in [2.05, 4.69) is 36.7 Å². The van der Waals surface area contributed by atoms with Crippen LogP contribution in [-0.2, 0) is 19.0 Å². The lowest BCUT2D eigenvalue weighted by molar-refractivity contribution is -0.0746. The first-order chi connectivity index (χ1) is 8.20. The quantitative estimate of drug-likeness (QED) is 0.572. The third kappa shape index (κ3) is 1.87. The highest BCUT2D eigenvalue weighted by molar-refractivity contribution is 9.09. The fourth-order valence-electron chi connectivity index (χ4n) is 3.41. The van der Waals surface area contributed by atoms with Gasteiger partial charge in [0.25, 0.3) is 10.1 Å². The predicted molar refractivity (Wildman–Crippen MR) is 70.8 cm³/mol. The predicted octanol–water partition coefficient (Wildman–Crippen LogP) is 2.28. The summed E-state index contributed by atoms with van der Waals surface area (Å²) >= 11 is 3.55. The zero-order valence-corrected chi connectivity index (χ0v) is 13.2. The Hall–Kier alpha value is 0.350. The Kier molecular flexibility index (Phi) is 2.91. The van der Waals surface area contributed by atoms with E-state index in [9.17, 15) is 8.42 Å². The largest absolute Gasteiger partial charge is 0.360 e. The maximum Gasteiger partial charge on any atom is 0.270 e. The molecule has 6 heteroatoms. The lowest BCUT2D eigenvalue weighted by Gasteiger charge is -2.33. The van der Waals surface area contributed by atoms with Crippen LogP contribution in [0.3, 0.4) is 0 Å². The van der Waals surface area contributed by atoms with Crippen LogP contribution < -0.4 is 0 Å². The molecule has 1 heterocycles. The monoisotopic (exact) mass is 338 g/mol. The second kappa shape index (κ2) is 3.93. The molecule has 6 unspecified atom stereocenters. The number of alkyl halides is 1. The molecule has 0 amide bonds. The van der Waals surface area contributed by atoms with Crippen molar-refractivity contribution >= 4 is 26.0 Å². The molecule has 2 saturated carbocycles. The van der Waals surface area contributed by atoms with Crippen molar-refractivity contribution in [2.45, 2.75) is 56.1 Å². The maximum atomic E-state index is 11.8. The first-order valence-electron chi connectivity index (χ1n) is 6.42. The normalized spacial score (nSPS) is 46.6. The minimum absolute atomic E-state index is 0.0152. The standard InChI is InChI=1S/C12H19BrO4S/c1-12(2,3)11(13)16-9-6-4-7-8(5-6)18(14,15)17-10(7)9/h6-11H,4-5H2,1-3H3. The molecule has 1 saturated heterocycles. The van der Waals surface area contributed by atoms with Crippen molar-refractivity contribution in [3.8, 4) is 0 Å². The summed E-state index contributed by atoms with van der Waals surface area (Å²) in [6.07, 6.45) is 1.31. The van der Waals surface area contributed by atoms with Crippen molar-refractivity contribution in [2.75, 3.05) is 0 Å². The van der Waals surface area contributed by atoms with Crippen LogP contribution in [-0.4, -0.2) is 30.9 Å².